The highest BCUT2D eigenvalue weighted by Crippen LogP contribution is 2.28. The molecule has 3 heterocycles. The first-order valence-electron chi connectivity index (χ1n) is 9.55. The van der Waals surface area contributed by atoms with E-state index < -0.39 is 0 Å². The van der Waals surface area contributed by atoms with Gasteiger partial charge in [-0.05, 0) is 30.2 Å². The summed E-state index contributed by atoms with van der Waals surface area (Å²) in [7, 11) is 0. The van der Waals surface area contributed by atoms with E-state index in [2.05, 4.69) is 51.7 Å². The fraction of sp³-hybridized carbons (Fsp3) is 0.0417. The molecule has 0 aliphatic heterocycles. The van der Waals surface area contributed by atoms with Crippen molar-refractivity contribution in [2.24, 2.45) is 0 Å². The topological polar surface area (TPSA) is 59.3 Å². The van der Waals surface area contributed by atoms with Gasteiger partial charge in [0.1, 0.15) is 11.3 Å². The lowest BCUT2D eigenvalue weighted by molar-refractivity contribution is 0.102. The number of carbonyl (C=O) groups is 1. The van der Waals surface area contributed by atoms with Crippen molar-refractivity contribution in [3.8, 4) is 22.4 Å². The molecule has 0 spiro atoms. The Morgan fingerprint density at radius 1 is 0.867 bits per heavy atom. The molecule has 0 aliphatic rings. The standard InChI is InChI=1S/C24H18N4OS/c1-16-22(28-14-6-5-9-21(28)25-16)23(29)27-24-26-20(15-30-24)19-12-10-18(11-13-19)17-7-3-2-4-8-17/h2-15H,1H3,(H,26,27,29). The number of amides is 1. The van der Waals surface area contributed by atoms with Gasteiger partial charge in [0.2, 0.25) is 0 Å². The Kier molecular flexibility index (Phi) is 4.61. The van der Waals surface area contributed by atoms with Crippen LogP contribution in [0.25, 0.3) is 28.0 Å². The van der Waals surface area contributed by atoms with Gasteiger partial charge in [0.25, 0.3) is 5.91 Å². The lowest BCUT2D eigenvalue weighted by Gasteiger charge is -2.04. The van der Waals surface area contributed by atoms with Crippen LogP contribution in [0.2, 0.25) is 0 Å². The Morgan fingerprint density at radius 3 is 2.37 bits per heavy atom. The molecule has 146 valence electrons. The molecule has 0 saturated heterocycles. The highest BCUT2D eigenvalue weighted by molar-refractivity contribution is 7.14. The average Bonchev–Trinajstić information content (AvgIpc) is 3.38. The zero-order valence-corrected chi connectivity index (χ0v) is 17.1. The van der Waals surface area contributed by atoms with E-state index in [-0.39, 0.29) is 5.91 Å². The van der Waals surface area contributed by atoms with Crippen LogP contribution >= 0.6 is 11.3 Å². The molecule has 2 aromatic carbocycles. The highest BCUT2D eigenvalue weighted by Gasteiger charge is 2.17. The van der Waals surface area contributed by atoms with Crippen LogP contribution in [0.4, 0.5) is 5.13 Å². The zero-order chi connectivity index (χ0) is 20.5. The second-order valence-electron chi connectivity index (χ2n) is 6.91. The van der Waals surface area contributed by atoms with Gasteiger partial charge in [-0.2, -0.15) is 0 Å². The van der Waals surface area contributed by atoms with Crippen LogP contribution in [0.3, 0.4) is 0 Å². The number of benzene rings is 2. The van der Waals surface area contributed by atoms with Gasteiger partial charge in [0.15, 0.2) is 5.13 Å². The maximum Gasteiger partial charge on any atom is 0.276 e. The van der Waals surface area contributed by atoms with Crippen molar-refractivity contribution in [3.63, 3.8) is 0 Å². The van der Waals surface area contributed by atoms with E-state index >= 15 is 0 Å². The molecule has 5 rings (SSSR count). The summed E-state index contributed by atoms with van der Waals surface area (Å²) in [4.78, 5) is 21.9. The van der Waals surface area contributed by atoms with E-state index in [0.717, 1.165) is 22.5 Å². The van der Waals surface area contributed by atoms with Crippen molar-refractivity contribution in [2.45, 2.75) is 6.92 Å². The maximum atomic E-state index is 12.9. The van der Waals surface area contributed by atoms with E-state index in [9.17, 15) is 4.79 Å². The van der Waals surface area contributed by atoms with Crippen LogP contribution in [0, 0.1) is 6.92 Å². The van der Waals surface area contributed by atoms with Crippen LogP contribution < -0.4 is 5.32 Å². The van der Waals surface area contributed by atoms with Crippen LogP contribution in [-0.2, 0) is 0 Å². The molecule has 0 radical (unpaired) electrons. The molecule has 1 N–H and O–H groups in total. The quantitative estimate of drug-likeness (QED) is 0.414. The number of imidazole rings is 1. The summed E-state index contributed by atoms with van der Waals surface area (Å²) < 4.78 is 1.79. The molecule has 0 aliphatic carbocycles. The predicted molar refractivity (Wildman–Crippen MR) is 121 cm³/mol. The summed E-state index contributed by atoms with van der Waals surface area (Å²) in [5, 5.41) is 5.43. The first-order chi connectivity index (χ1) is 14.7. The van der Waals surface area contributed by atoms with Crippen LogP contribution in [-0.4, -0.2) is 20.3 Å². The lowest BCUT2D eigenvalue weighted by atomic mass is 10.0. The van der Waals surface area contributed by atoms with Crippen molar-refractivity contribution in [2.75, 3.05) is 5.32 Å². The van der Waals surface area contributed by atoms with Crippen molar-refractivity contribution < 1.29 is 4.79 Å². The second kappa shape index (κ2) is 7.57. The van der Waals surface area contributed by atoms with Crippen molar-refractivity contribution >= 4 is 28.0 Å². The van der Waals surface area contributed by atoms with Gasteiger partial charge in [-0.1, -0.05) is 60.7 Å². The number of fused-ring (bicyclic) bond motifs is 1. The van der Waals surface area contributed by atoms with E-state index in [0.29, 0.717) is 16.5 Å². The minimum absolute atomic E-state index is 0.216. The third-order valence-corrected chi connectivity index (χ3v) is 5.69. The summed E-state index contributed by atoms with van der Waals surface area (Å²) >= 11 is 1.41. The molecule has 0 atom stereocenters. The number of hydrogen-bond donors (Lipinski definition) is 1. The van der Waals surface area contributed by atoms with E-state index in [1.807, 2.05) is 54.9 Å². The molecule has 5 aromatic rings. The minimum Gasteiger partial charge on any atom is -0.296 e. The fourth-order valence-electron chi connectivity index (χ4n) is 3.47. The summed E-state index contributed by atoms with van der Waals surface area (Å²) in [5.74, 6) is -0.216. The van der Waals surface area contributed by atoms with Crippen molar-refractivity contribution in [1.29, 1.82) is 0 Å². The number of rotatable bonds is 4. The van der Waals surface area contributed by atoms with Gasteiger partial charge < -0.3 is 0 Å². The molecule has 0 saturated carbocycles. The summed E-state index contributed by atoms with van der Waals surface area (Å²) in [6, 6.07) is 24.2. The van der Waals surface area contributed by atoms with Gasteiger partial charge in [0, 0.05) is 17.1 Å². The number of anilines is 1. The first kappa shape index (κ1) is 18.3. The van der Waals surface area contributed by atoms with Gasteiger partial charge >= 0.3 is 0 Å². The van der Waals surface area contributed by atoms with E-state index in [1.54, 1.807) is 4.40 Å². The number of aromatic nitrogens is 3. The summed E-state index contributed by atoms with van der Waals surface area (Å²) in [6.07, 6.45) is 1.84. The number of aryl methyl sites for hydroxylation is 1. The number of thiazole rings is 1. The first-order valence-corrected chi connectivity index (χ1v) is 10.4. The Hall–Kier alpha value is -3.77. The fourth-order valence-corrected chi connectivity index (χ4v) is 4.19. The third kappa shape index (κ3) is 3.38. The molecule has 0 fully saturated rings. The molecular formula is C24H18N4OS. The van der Waals surface area contributed by atoms with Crippen LogP contribution in [0.5, 0.6) is 0 Å². The SMILES string of the molecule is Cc1nc2ccccn2c1C(=O)Nc1nc(-c2ccc(-c3ccccc3)cc2)cs1. The molecule has 6 heteroatoms. The van der Waals surface area contributed by atoms with Gasteiger partial charge in [-0.25, -0.2) is 9.97 Å². The van der Waals surface area contributed by atoms with Crippen LogP contribution in [0.15, 0.2) is 84.4 Å². The summed E-state index contributed by atoms with van der Waals surface area (Å²) in [5.41, 5.74) is 6.15. The largest absolute Gasteiger partial charge is 0.296 e. The van der Waals surface area contributed by atoms with Crippen LogP contribution in [0.1, 0.15) is 16.2 Å². The zero-order valence-electron chi connectivity index (χ0n) is 16.2. The predicted octanol–water partition coefficient (Wildman–Crippen LogP) is 5.69. The molecule has 5 nitrogen and oxygen atoms in total. The minimum atomic E-state index is -0.216. The monoisotopic (exact) mass is 410 g/mol. The van der Waals surface area contributed by atoms with Crippen molar-refractivity contribution in [1.82, 2.24) is 14.4 Å². The van der Waals surface area contributed by atoms with E-state index in [1.165, 1.54) is 16.9 Å². The molecule has 0 unspecified atom stereocenters. The second-order valence-corrected chi connectivity index (χ2v) is 7.77. The Labute approximate surface area is 177 Å². The normalized spacial score (nSPS) is 11.0. The highest BCUT2D eigenvalue weighted by atomic mass is 32.1. The number of pyridine rings is 1. The average molecular weight is 411 g/mol. The number of hydrogen-bond acceptors (Lipinski definition) is 4. The van der Waals surface area contributed by atoms with Crippen molar-refractivity contribution in [3.05, 3.63) is 95.8 Å². The molecular weight excluding hydrogens is 392 g/mol. The lowest BCUT2D eigenvalue weighted by Crippen LogP contribution is -2.15. The van der Waals surface area contributed by atoms with Gasteiger partial charge in [-0.15, -0.1) is 11.3 Å². The Balaban J connectivity index is 1.37. The smallest absolute Gasteiger partial charge is 0.276 e. The molecule has 0 bridgehead atoms. The van der Waals surface area contributed by atoms with Gasteiger partial charge in [-0.3, -0.25) is 14.5 Å². The molecule has 3 aromatic heterocycles. The maximum absolute atomic E-state index is 12.9. The third-order valence-electron chi connectivity index (χ3n) is 4.93. The number of carbonyl (C=O) groups excluding carboxylic acids is 1. The van der Waals surface area contributed by atoms with Gasteiger partial charge in [0.05, 0.1) is 11.4 Å². The Bertz CT molecular complexity index is 1340. The summed E-state index contributed by atoms with van der Waals surface area (Å²) in [6.45, 7) is 1.84. The van der Waals surface area contributed by atoms with E-state index in [4.69, 9.17) is 0 Å². The molecule has 30 heavy (non-hydrogen) atoms. The number of nitrogens with one attached hydrogen (secondary N) is 1. The molecule has 1 amide bonds. The Morgan fingerprint density at radius 2 is 1.57 bits per heavy atom. The number of nitrogens with zero attached hydrogens (tertiary/aromatic N) is 3.